The molecule has 0 bridgehead atoms. The molecule has 0 atom stereocenters. The van der Waals surface area contributed by atoms with Crippen molar-refractivity contribution in [3.05, 3.63) is 82.9 Å². The van der Waals surface area contributed by atoms with Gasteiger partial charge in [-0.05, 0) is 71.8 Å². The number of aryl methyl sites for hydroxylation is 2. The van der Waals surface area contributed by atoms with E-state index in [1.165, 1.54) is 11.1 Å². The van der Waals surface area contributed by atoms with Gasteiger partial charge < -0.3 is 5.32 Å². The number of hydrogen-bond donors (Lipinski definition) is 1. The molecule has 1 heterocycles. The van der Waals surface area contributed by atoms with E-state index in [1.54, 1.807) is 4.80 Å². The van der Waals surface area contributed by atoms with Gasteiger partial charge in [0.1, 0.15) is 11.0 Å². The third kappa shape index (κ3) is 4.36. The highest BCUT2D eigenvalue weighted by Gasteiger charge is 2.15. The first kappa shape index (κ1) is 20.8. The van der Waals surface area contributed by atoms with Crippen LogP contribution in [0.4, 0.5) is 5.69 Å². The van der Waals surface area contributed by atoms with Crippen LogP contribution in [0, 0.1) is 6.92 Å². The quantitative estimate of drug-likeness (QED) is 0.458. The van der Waals surface area contributed by atoms with Gasteiger partial charge in [0.05, 0.1) is 5.69 Å². The van der Waals surface area contributed by atoms with Gasteiger partial charge in [-0.25, -0.2) is 0 Å². The molecular formula is C26H28N4O. The second-order valence-corrected chi connectivity index (χ2v) is 8.95. The highest BCUT2D eigenvalue weighted by Crippen LogP contribution is 2.25. The van der Waals surface area contributed by atoms with E-state index in [2.05, 4.69) is 55.3 Å². The van der Waals surface area contributed by atoms with Gasteiger partial charge in [0.2, 0.25) is 0 Å². The second kappa shape index (κ2) is 7.99. The SMILES string of the molecule is CCc1ccc(-n2nc3cc(C)c(NC(=O)c4ccc(C(C)(C)C)cc4)cc3n2)cc1. The summed E-state index contributed by atoms with van der Waals surface area (Å²) in [7, 11) is 0. The Balaban J connectivity index is 1.59. The first-order valence-electron chi connectivity index (χ1n) is 10.6. The van der Waals surface area contributed by atoms with Gasteiger partial charge in [-0.1, -0.05) is 52.0 Å². The summed E-state index contributed by atoms with van der Waals surface area (Å²) >= 11 is 0. The molecule has 0 aliphatic carbocycles. The third-order valence-corrected chi connectivity index (χ3v) is 5.56. The average Bonchev–Trinajstić information content (AvgIpc) is 3.16. The van der Waals surface area contributed by atoms with Crippen molar-refractivity contribution in [2.45, 2.75) is 46.5 Å². The number of hydrogen-bond acceptors (Lipinski definition) is 3. The smallest absolute Gasteiger partial charge is 0.255 e. The van der Waals surface area contributed by atoms with Gasteiger partial charge in [-0.15, -0.1) is 10.2 Å². The Kier molecular flexibility index (Phi) is 5.36. The first-order chi connectivity index (χ1) is 14.7. The molecule has 0 aliphatic heterocycles. The molecule has 0 saturated heterocycles. The van der Waals surface area contributed by atoms with Crippen LogP contribution in [-0.2, 0) is 11.8 Å². The lowest BCUT2D eigenvalue weighted by atomic mass is 9.87. The fourth-order valence-electron chi connectivity index (χ4n) is 3.50. The fourth-order valence-corrected chi connectivity index (χ4v) is 3.50. The molecule has 0 saturated carbocycles. The molecule has 5 nitrogen and oxygen atoms in total. The number of anilines is 1. The minimum absolute atomic E-state index is 0.0549. The number of nitrogens with one attached hydrogen (secondary N) is 1. The zero-order valence-corrected chi connectivity index (χ0v) is 18.7. The molecule has 1 aromatic heterocycles. The summed E-state index contributed by atoms with van der Waals surface area (Å²) in [6.07, 6.45) is 0.996. The first-order valence-corrected chi connectivity index (χ1v) is 10.6. The summed E-state index contributed by atoms with van der Waals surface area (Å²) in [5, 5.41) is 12.2. The topological polar surface area (TPSA) is 59.8 Å². The maximum Gasteiger partial charge on any atom is 0.255 e. The summed E-state index contributed by atoms with van der Waals surface area (Å²) in [4.78, 5) is 14.4. The molecule has 4 rings (SSSR count). The Morgan fingerprint density at radius 1 is 0.935 bits per heavy atom. The van der Waals surface area contributed by atoms with Crippen LogP contribution in [0.5, 0.6) is 0 Å². The lowest BCUT2D eigenvalue weighted by molar-refractivity contribution is 0.102. The summed E-state index contributed by atoms with van der Waals surface area (Å²) in [6, 6.07) is 19.8. The number of benzene rings is 3. The van der Waals surface area contributed by atoms with Crippen molar-refractivity contribution in [2.75, 3.05) is 5.32 Å². The maximum atomic E-state index is 12.8. The predicted molar refractivity (Wildman–Crippen MR) is 126 cm³/mol. The zero-order chi connectivity index (χ0) is 22.2. The summed E-state index contributed by atoms with van der Waals surface area (Å²) < 4.78 is 0. The minimum atomic E-state index is -0.134. The van der Waals surface area contributed by atoms with Gasteiger partial charge in [0.25, 0.3) is 5.91 Å². The Morgan fingerprint density at radius 3 is 2.13 bits per heavy atom. The predicted octanol–water partition coefficient (Wildman–Crippen LogP) is 5.84. The van der Waals surface area contributed by atoms with E-state index >= 15 is 0 Å². The maximum absolute atomic E-state index is 12.8. The van der Waals surface area contributed by atoms with Crippen molar-refractivity contribution >= 4 is 22.6 Å². The molecule has 0 unspecified atom stereocenters. The van der Waals surface area contributed by atoms with Crippen LogP contribution in [0.2, 0.25) is 0 Å². The lowest BCUT2D eigenvalue weighted by Crippen LogP contribution is -2.14. The van der Waals surface area contributed by atoms with E-state index in [0.717, 1.165) is 34.4 Å². The largest absolute Gasteiger partial charge is 0.322 e. The van der Waals surface area contributed by atoms with E-state index in [-0.39, 0.29) is 11.3 Å². The van der Waals surface area contributed by atoms with E-state index in [1.807, 2.05) is 55.5 Å². The zero-order valence-electron chi connectivity index (χ0n) is 18.7. The monoisotopic (exact) mass is 412 g/mol. The number of rotatable bonds is 4. The normalized spacial score (nSPS) is 11.6. The van der Waals surface area contributed by atoms with Crippen LogP contribution in [0.25, 0.3) is 16.7 Å². The standard InChI is InChI=1S/C26H28N4O/c1-6-18-7-13-21(14-8-18)30-28-23-15-17(2)22(16-24(23)29-30)27-25(31)19-9-11-20(12-10-19)26(3,4)5/h7-16H,6H2,1-5H3,(H,27,31). The van der Waals surface area contributed by atoms with Crippen molar-refractivity contribution in [1.29, 1.82) is 0 Å². The highest BCUT2D eigenvalue weighted by atomic mass is 16.1. The van der Waals surface area contributed by atoms with Crippen LogP contribution < -0.4 is 5.32 Å². The van der Waals surface area contributed by atoms with Crippen LogP contribution in [0.1, 0.15) is 54.7 Å². The van der Waals surface area contributed by atoms with Crippen molar-refractivity contribution in [3.8, 4) is 5.69 Å². The van der Waals surface area contributed by atoms with E-state index in [0.29, 0.717) is 5.56 Å². The molecule has 31 heavy (non-hydrogen) atoms. The van der Waals surface area contributed by atoms with Crippen molar-refractivity contribution < 1.29 is 4.79 Å². The van der Waals surface area contributed by atoms with Crippen molar-refractivity contribution in [2.24, 2.45) is 0 Å². The van der Waals surface area contributed by atoms with Gasteiger partial charge >= 0.3 is 0 Å². The summed E-state index contributed by atoms with van der Waals surface area (Å²) in [6.45, 7) is 10.6. The number of aromatic nitrogens is 3. The van der Waals surface area contributed by atoms with E-state index < -0.39 is 0 Å². The fraction of sp³-hybridized carbons (Fsp3) is 0.269. The number of carbonyl (C=O) groups is 1. The number of amides is 1. The van der Waals surface area contributed by atoms with E-state index in [4.69, 9.17) is 0 Å². The third-order valence-electron chi connectivity index (χ3n) is 5.56. The number of carbonyl (C=O) groups excluding carboxylic acids is 1. The molecule has 0 radical (unpaired) electrons. The van der Waals surface area contributed by atoms with Crippen LogP contribution >= 0.6 is 0 Å². The van der Waals surface area contributed by atoms with Gasteiger partial charge in [0.15, 0.2) is 0 Å². The van der Waals surface area contributed by atoms with Crippen molar-refractivity contribution in [1.82, 2.24) is 15.0 Å². The van der Waals surface area contributed by atoms with Gasteiger partial charge in [-0.3, -0.25) is 4.79 Å². The molecular weight excluding hydrogens is 384 g/mol. The number of fused-ring (bicyclic) bond motifs is 1. The van der Waals surface area contributed by atoms with Gasteiger partial charge in [-0.2, -0.15) is 4.80 Å². The molecule has 1 amide bonds. The van der Waals surface area contributed by atoms with Crippen LogP contribution in [0.3, 0.4) is 0 Å². The Morgan fingerprint density at radius 2 is 1.55 bits per heavy atom. The molecule has 3 aromatic carbocycles. The Labute approximate surface area is 183 Å². The minimum Gasteiger partial charge on any atom is -0.322 e. The molecule has 5 heteroatoms. The molecule has 0 spiro atoms. The lowest BCUT2D eigenvalue weighted by Gasteiger charge is -2.19. The average molecular weight is 413 g/mol. The van der Waals surface area contributed by atoms with Crippen LogP contribution in [0.15, 0.2) is 60.7 Å². The van der Waals surface area contributed by atoms with Crippen molar-refractivity contribution in [3.63, 3.8) is 0 Å². The summed E-state index contributed by atoms with van der Waals surface area (Å²) in [5.41, 5.74) is 7.29. The molecule has 158 valence electrons. The van der Waals surface area contributed by atoms with E-state index in [9.17, 15) is 4.79 Å². The highest BCUT2D eigenvalue weighted by molar-refractivity contribution is 6.05. The van der Waals surface area contributed by atoms with Gasteiger partial charge in [0, 0.05) is 11.3 Å². The van der Waals surface area contributed by atoms with Crippen LogP contribution in [-0.4, -0.2) is 20.9 Å². The molecule has 1 N–H and O–H groups in total. The second-order valence-electron chi connectivity index (χ2n) is 8.95. The Bertz CT molecular complexity index is 1230. The molecule has 0 aliphatic rings. The summed E-state index contributed by atoms with van der Waals surface area (Å²) in [5.74, 6) is -0.134. The number of nitrogens with zero attached hydrogens (tertiary/aromatic N) is 3. The Hall–Kier alpha value is -3.47. The molecule has 0 fully saturated rings. The molecule has 4 aromatic rings.